The van der Waals surface area contributed by atoms with Crippen LogP contribution in [0.15, 0.2) is 24.3 Å². The molecule has 0 bridgehead atoms. The van der Waals surface area contributed by atoms with Crippen molar-refractivity contribution in [1.82, 2.24) is 10.6 Å². The topological polar surface area (TPSA) is 126 Å². The number of nitrogens with one attached hydrogen (secondary N) is 2. The molecule has 2 saturated carbocycles. The Bertz CT molecular complexity index is 918. The second-order valence-corrected chi connectivity index (χ2v) is 9.57. The van der Waals surface area contributed by atoms with Crippen molar-refractivity contribution in [3.05, 3.63) is 35.4 Å². The van der Waals surface area contributed by atoms with Gasteiger partial charge < -0.3 is 0 Å². The lowest BCUT2D eigenvalue weighted by molar-refractivity contribution is -0.129. The lowest BCUT2D eigenvalue weighted by Crippen LogP contribution is -2.26. The molecule has 2 aliphatic heterocycles. The van der Waals surface area contributed by atoms with Crippen molar-refractivity contribution in [2.24, 2.45) is 35.5 Å². The highest BCUT2D eigenvalue weighted by Gasteiger charge is 2.50. The third-order valence-corrected chi connectivity index (χ3v) is 7.66. The highest BCUT2D eigenvalue weighted by Crippen LogP contribution is 2.41. The first-order valence-electron chi connectivity index (χ1n) is 11.1. The van der Waals surface area contributed by atoms with Crippen LogP contribution in [0.25, 0.3) is 0 Å². The second kappa shape index (κ2) is 7.76. The Morgan fingerprint density at radius 1 is 0.594 bits per heavy atom. The minimum Gasteiger partial charge on any atom is -0.299 e. The quantitative estimate of drug-likeness (QED) is 0.626. The summed E-state index contributed by atoms with van der Waals surface area (Å²) in [6, 6.07) is 7.31. The number of benzene rings is 1. The predicted octanol–water partition coefficient (Wildman–Crippen LogP) is 0.507. The monoisotopic (exact) mass is 436 g/mol. The van der Waals surface area contributed by atoms with Gasteiger partial charge in [0.15, 0.2) is 0 Å². The molecule has 1 aromatic rings. The van der Waals surface area contributed by atoms with Gasteiger partial charge in [0.1, 0.15) is 11.6 Å². The van der Waals surface area contributed by atoms with Crippen LogP contribution < -0.4 is 10.6 Å². The van der Waals surface area contributed by atoms with Gasteiger partial charge in [-0.2, -0.15) is 0 Å². The van der Waals surface area contributed by atoms with Gasteiger partial charge >= 0.3 is 0 Å². The van der Waals surface area contributed by atoms with E-state index in [1.54, 1.807) is 0 Å². The lowest BCUT2D eigenvalue weighted by Gasteiger charge is -2.12. The van der Waals surface area contributed by atoms with Gasteiger partial charge in [-0.05, 0) is 36.8 Å². The molecule has 0 spiro atoms. The standard InChI is InChI=1S/C24H24N2O6/c27-19(13-7-15-16(8-13)22(30)25-21(15)29)5-11-1-2-12(4-3-11)6-20(28)14-9-17-18(10-14)24(32)26-23(17)31/h1-4,13-18H,5-10H2,(H,25,29,30)(H,26,31,32). The predicted molar refractivity (Wildman–Crippen MR) is 110 cm³/mol. The van der Waals surface area contributed by atoms with Gasteiger partial charge in [-0.3, -0.25) is 39.4 Å². The number of hydrogen-bond acceptors (Lipinski definition) is 6. The van der Waals surface area contributed by atoms with E-state index in [0.717, 1.165) is 11.1 Å². The van der Waals surface area contributed by atoms with Gasteiger partial charge in [-0.25, -0.2) is 0 Å². The number of amides is 4. The molecule has 2 N–H and O–H groups in total. The summed E-state index contributed by atoms with van der Waals surface area (Å²) in [4.78, 5) is 72.6. The SMILES string of the molecule is O=C(Cc1ccc(CC(=O)C2CC3C(=O)NC(=O)C3C2)cc1)C1CC2C(=O)NC(=O)C2C1. The van der Waals surface area contributed by atoms with Crippen LogP contribution in [0, 0.1) is 35.5 Å². The molecule has 8 nitrogen and oxygen atoms in total. The fourth-order valence-corrected chi connectivity index (χ4v) is 5.84. The fraction of sp³-hybridized carbons (Fsp3) is 0.500. The van der Waals surface area contributed by atoms with Crippen LogP contribution in [0.1, 0.15) is 36.8 Å². The summed E-state index contributed by atoms with van der Waals surface area (Å²) in [7, 11) is 0. The first kappa shape index (κ1) is 20.7. The number of rotatable bonds is 6. The van der Waals surface area contributed by atoms with Crippen molar-refractivity contribution < 1.29 is 28.8 Å². The number of fused-ring (bicyclic) bond motifs is 2. The Morgan fingerprint density at radius 2 is 0.875 bits per heavy atom. The zero-order valence-corrected chi connectivity index (χ0v) is 17.5. The molecule has 2 saturated heterocycles. The van der Waals surface area contributed by atoms with Crippen molar-refractivity contribution in [2.75, 3.05) is 0 Å². The van der Waals surface area contributed by atoms with Crippen LogP contribution in [0.4, 0.5) is 0 Å². The Morgan fingerprint density at radius 3 is 1.16 bits per heavy atom. The van der Waals surface area contributed by atoms with Crippen molar-refractivity contribution >= 4 is 35.2 Å². The summed E-state index contributed by atoms with van der Waals surface area (Å²) in [6.07, 6.45) is 2.18. The van der Waals surface area contributed by atoms with Crippen molar-refractivity contribution in [1.29, 1.82) is 0 Å². The van der Waals surface area contributed by atoms with Crippen molar-refractivity contribution in [3.63, 3.8) is 0 Å². The molecule has 0 radical (unpaired) electrons. The summed E-state index contributed by atoms with van der Waals surface area (Å²) >= 11 is 0. The van der Waals surface area contributed by atoms with Gasteiger partial charge in [0, 0.05) is 24.7 Å². The zero-order chi connectivity index (χ0) is 22.6. The Kier molecular flexibility index (Phi) is 5.03. The maximum atomic E-state index is 12.7. The third kappa shape index (κ3) is 3.57. The van der Waals surface area contributed by atoms with E-state index < -0.39 is 0 Å². The summed E-state index contributed by atoms with van der Waals surface area (Å²) < 4.78 is 0. The molecule has 8 heteroatoms. The lowest BCUT2D eigenvalue weighted by atomic mass is 9.92. The molecule has 4 aliphatic rings. The molecule has 4 amide bonds. The second-order valence-electron chi connectivity index (χ2n) is 9.57. The molecule has 5 rings (SSSR count). The molecule has 4 unspecified atom stereocenters. The van der Waals surface area contributed by atoms with Crippen molar-refractivity contribution in [3.8, 4) is 0 Å². The van der Waals surface area contributed by atoms with E-state index in [1.165, 1.54) is 0 Å². The highest BCUT2D eigenvalue weighted by atomic mass is 16.2. The molecule has 0 aromatic heterocycles. The van der Waals surface area contributed by atoms with E-state index in [-0.39, 0.29) is 83.5 Å². The average Bonchev–Trinajstić information content (AvgIpc) is 3.49. The van der Waals surface area contributed by atoms with E-state index in [4.69, 9.17) is 0 Å². The summed E-state index contributed by atoms with van der Waals surface area (Å²) in [5.74, 6) is -3.04. The molecule has 4 fully saturated rings. The van der Waals surface area contributed by atoms with E-state index in [0.29, 0.717) is 25.7 Å². The van der Waals surface area contributed by atoms with Crippen molar-refractivity contribution in [2.45, 2.75) is 38.5 Å². The number of imide groups is 2. The molecule has 2 heterocycles. The fourth-order valence-electron chi connectivity index (χ4n) is 5.84. The minimum atomic E-state index is -0.374. The first-order valence-corrected chi connectivity index (χ1v) is 11.1. The summed E-state index contributed by atoms with van der Waals surface area (Å²) in [5.41, 5.74) is 1.66. The number of hydrogen-bond donors (Lipinski definition) is 2. The number of carbonyl (C=O) groups excluding carboxylic acids is 6. The number of carbonyl (C=O) groups is 6. The normalized spacial score (nSPS) is 33.1. The van der Waals surface area contributed by atoms with Crippen LogP contribution in [0.5, 0.6) is 0 Å². The molecule has 1 aromatic carbocycles. The van der Waals surface area contributed by atoms with Gasteiger partial charge in [0.2, 0.25) is 23.6 Å². The Labute approximate surface area is 184 Å². The maximum absolute atomic E-state index is 12.7. The van der Waals surface area contributed by atoms with E-state index in [9.17, 15) is 28.8 Å². The van der Waals surface area contributed by atoms with E-state index in [2.05, 4.69) is 10.6 Å². The van der Waals surface area contributed by atoms with Crippen LogP contribution in [0.3, 0.4) is 0 Å². The summed E-state index contributed by atoms with van der Waals surface area (Å²) in [6.45, 7) is 0. The number of ketones is 2. The highest BCUT2D eigenvalue weighted by molar-refractivity contribution is 6.07. The third-order valence-electron chi connectivity index (χ3n) is 7.66. The largest absolute Gasteiger partial charge is 0.299 e. The molecule has 166 valence electrons. The summed E-state index contributed by atoms with van der Waals surface area (Å²) in [5, 5.41) is 4.66. The van der Waals surface area contributed by atoms with Crippen LogP contribution in [0.2, 0.25) is 0 Å². The van der Waals surface area contributed by atoms with Gasteiger partial charge in [-0.1, -0.05) is 24.3 Å². The molecule has 32 heavy (non-hydrogen) atoms. The minimum absolute atomic E-state index is 0.0317. The Balaban J connectivity index is 1.15. The zero-order valence-electron chi connectivity index (χ0n) is 17.5. The van der Waals surface area contributed by atoms with E-state index in [1.807, 2.05) is 24.3 Å². The smallest absolute Gasteiger partial charge is 0.230 e. The molecular formula is C24H24N2O6. The van der Waals surface area contributed by atoms with E-state index >= 15 is 0 Å². The number of Topliss-reactive ketones (excluding diaryl/α,β-unsaturated/α-hetero) is 2. The van der Waals surface area contributed by atoms with Gasteiger partial charge in [0.05, 0.1) is 23.7 Å². The first-order chi connectivity index (χ1) is 15.3. The van der Waals surface area contributed by atoms with Gasteiger partial charge in [-0.15, -0.1) is 0 Å². The van der Waals surface area contributed by atoms with Crippen LogP contribution >= 0.6 is 0 Å². The van der Waals surface area contributed by atoms with Crippen LogP contribution in [-0.2, 0) is 41.6 Å². The average molecular weight is 436 g/mol. The van der Waals surface area contributed by atoms with Crippen LogP contribution in [-0.4, -0.2) is 35.2 Å². The van der Waals surface area contributed by atoms with Gasteiger partial charge in [0.25, 0.3) is 0 Å². The molecule has 2 aliphatic carbocycles. The molecule has 4 atom stereocenters. The Hall–Kier alpha value is -3.16. The maximum Gasteiger partial charge on any atom is 0.230 e. The molecular weight excluding hydrogens is 412 g/mol.